The van der Waals surface area contributed by atoms with Crippen LogP contribution in [0.15, 0.2) is 36.0 Å². The molecule has 2 aromatic heterocycles. The molecule has 0 spiro atoms. The zero-order valence-electron chi connectivity index (χ0n) is 18.6. The number of rotatable bonds is 8. The second-order valence-corrected chi connectivity index (χ2v) is 10.4. The van der Waals surface area contributed by atoms with Crippen LogP contribution in [0.1, 0.15) is 43.5 Å². The molecular formula is C24H28FN5O2S. The minimum atomic E-state index is -1.57. The van der Waals surface area contributed by atoms with Gasteiger partial charge in [-0.3, -0.25) is 4.79 Å². The zero-order chi connectivity index (χ0) is 23.2. The van der Waals surface area contributed by atoms with Crippen LogP contribution in [0.4, 0.5) is 21.6 Å². The molecule has 2 aliphatic rings. The highest BCUT2D eigenvalue weighted by Gasteiger charge is 2.52. The van der Waals surface area contributed by atoms with E-state index in [1.54, 1.807) is 11.3 Å². The maximum atomic E-state index is 14.1. The van der Waals surface area contributed by atoms with Crippen LogP contribution in [0, 0.1) is 11.8 Å². The summed E-state index contributed by atoms with van der Waals surface area (Å²) in [5, 5.41) is 19.3. The Morgan fingerprint density at radius 1 is 1.27 bits per heavy atom. The van der Waals surface area contributed by atoms with Gasteiger partial charge in [-0.25, -0.2) is 14.4 Å². The number of hydrogen-bond donors (Lipinski definition) is 4. The Labute approximate surface area is 195 Å². The number of alkyl halides is 1. The Hall–Kier alpha value is -2.78. The monoisotopic (exact) mass is 469 g/mol. The van der Waals surface area contributed by atoms with Gasteiger partial charge in [0.25, 0.3) is 5.91 Å². The first-order valence-electron chi connectivity index (χ1n) is 11.3. The van der Waals surface area contributed by atoms with Crippen LogP contribution >= 0.6 is 11.3 Å². The Morgan fingerprint density at radius 2 is 2.06 bits per heavy atom. The molecule has 0 bridgehead atoms. The average Bonchev–Trinajstić information content (AvgIpc) is 3.16. The molecule has 3 atom stereocenters. The first kappa shape index (κ1) is 22.0. The first-order valence-corrected chi connectivity index (χ1v) is 12.2. The molecule has 2 heterocycles. The van der Waals surface area contributed by atoms with Gasteiger partial charge in [0.05, 0.1) is 39.1 Å². The molecule has 174 valence electrons. The average molecular weight is 470 g/mol. The van der Waals surface area contributed by atoms with Crippen LogP contribution in [-0.2, 0) is 0 Å². The van der Waals surface area contributed by atoms with E-state index in [-0.39, 0.29) is 6.54 Å². The molecule has 2 fully saturated rings. The summed E-state index contributed by atoms with van der Waals surface area (Å²) in [6.07, 6.45) is 3.63. The Morgan fingerprint density at radius 3 is 2.82 bits per heavy atom. The number of anilines is 3. The SMILES string of the molecule is CC(C)(O)[C@H](F)CNC(=O)c1cnc(Nc2ccc3ncsc3c2)cc1NC1C2CCCC21. The lowest BCUT2D eigenvalue weighted by molar-refractivity contribution is -0.00177. The third-order valence-corrected chi connectivity index (χ3v) is 7.48. The molecule has 7 nitrogen and oxygen atoms in total. The third-order valence-electron chi connectivity index (χ3n) is 6.69. The van der Waals surface area contributed by atoms with E-state index in [1.165, 1.54) is 39.3 Å². The number of pyridine rings is 1. The number of carbonyl (C=O) groups is 1. The van der Waals surface area contributed by atoms with Crippen LogP contribution in [0.5, 0.6) is 0 Å². The normalized spacial score (nSPS) is 22.6. The highest BCUT2D eigenvalue weighted by molar-refractivity contribution is 7.16. The first-order chi connectivity index (χ1) is 15.8. The van der Waals surface area contributed by atoms with Gasteiger partial charge in [0.1, 0.15) is 12.0 Å². The van der Waals surface area contributed by atoms with Crippen LogP contribution < -0.4 is 16.0 Å². The maximum Gasteiger partial charge on any atom is 0.255 e. The lowest BCUT2D eigenvalue weighted by atomic mass is 10.0. The number of halogens is 1. The van der Waals surface area contributed by atoms with Crippen molar-refractivity contribution in [2.75, 3.05) is 17.2 Å². The summed E-state index contributed by atoms with van der Waals surface area (Å²) in [6.45, 7) is 2.49. The van der Waals surface area contributed by atoms with Crippen molar-refractivity contribution in [3.8, 4) is 0 Å². The van der Waals surface area contributed by atoms with Crippen molar-refractivity contribution in [2.24, 2.45) is 11.8 Å². The Balaban J connectivity index is 1.36. The van der Waals surface area contributed by atoms with Gasteiger partial charge in [0, 0.05) is 24.0 Å². The maximum absolute atomic E-state index is 14.1. The summed E-state index contributed by atoms with van der Waals surface area (Å²) in [5.74, 6) is 1.51. The molecule has 2 saturated carbocycles. The number of fused-ring (bicyclic) bond motifs is 2. The van der Waals surface area contributed by atoms with Gasteiger partial charge in [-0.1, -0.05) is 6.42 Å². The number of nitrogens with zero attached hydrogens (tertiary/aromatic N) is 2. The van der Waals surface area contributed by atoms with Gasteiger partial charge in [-0.2, -0.15) is 0 Å². The summed E-state index contributed by atoms with van der Waals surface area (Å²) in [4.78, 5) is 21.6. The van der Waals surface area contributed by atoms with Crippen molar-refractivity contribution in [3.63, 3.8) is 0 Å². The molecule has 5 rings (SSSR count). The number of hydrogen-bond acceptors (Lipinski definition) is 7. The smallest absolute Gasteiger partial charge is 0.255 e. The summed E-state index contributed by atoms with van der Waals surface area (Å²) in [6, 6.07) is 8.12. The van der Waals surface area contributed by atoms with E-state index in [0.717, 1.165) is 15.9 Å². The van der Waals surface area contributed by atoms with Crippen molar-refractivity contribution >= 4 is 44.7 Å². The van der Waals surface area contributed by atoms with Crippen LogP contribution in [0.3, 0.4) is 0 Å². The van der Waals surface area contributed by atoms with Crippen molar-refractivity contribution in [2.45, 2.75) is 50.9 Å². The van der Waals surface area contributed by atoms with E-state index in [1.807, 2.05) is 29.8 Å². The second kappa shape index (κ2) is 8.53. The van der Waals surface area contributed by atoms with Gasteiger partial charge in [-0.15, -0.1) is 11.3 Å². The number of benzene rings is 1. The fourth-order valence-corrected chi connectivity index (χ4v) is 5.36. The number of aliphatic hydroxyl groups is 1. The van der Waals surface area contributed by atoms with Gasteiger partial charge in [-0.05, 0) is 56.7 Å². The lowest BCUT2D eigenvalue weighted by Crippen LogP contribution is -2.42. The minimum absolute atomic E-state index is 0.273. The van der Waals surface area contributed by atoms with E-state index in [0.29, 0.717) is 34.9 Å². The molecular weight excluding hydrogens is 441 g/mol. The fourth-order valence-electron chi connectivity index (χ4n) is 4.65. The molecule has 0 aliphatic heterocycles. The predicted octanol–water partition coefficient (Wildman–Crippen LogP) is 4.48. The van der Waals surface area contributed by atoms with Gasteiger partial charge < -0.3 is 21.1 Å². The predicted molar refractivity (Wildman–Crippen MR) is 129 cm³/mol. The number of nitrogens with one attached hydrogen (secondary N) is 3. The molecule has 3 aromatic rings. The van der Waals surface area contributed by atoms with E-state index in [9.17, 15) is 14.3 Å². The number of aromatic nitrogens is 2. The molecule has 1 amide bonds. The van der Waals surface area contributed by atoms with Gasteiger partial charge >= 0.3 is 0 Å². The second-order valence-electron chi connectivity index (χ2n) is 9.53. The Bertz CT molecular complexity index is 1170. The van der Waals surface area contributed by atoms with Crippen LogP contribution in [0.25, 0.3) is 10.2 Å². The van der Waals surface area contributed by atoms with Gasteiger partial charge in [0.2, 0.25) is 0 Å². The highest BCUT2D eigenvalue weighted by Crippen LogP contribution is 2.53. The fraction of sp³-hybridized carbons (Fsp3) is 0.458. The lowest BCUT2D eigenvalue weighted by Gasteiger charge is -2.22. The minimum Gasteiger partial charge on any atom is -0.387 e. The van der Waals surface area contributed by atoms with E-state index in [2.05, 4.69) is 25.9 Å². The largest absolute Gasteiger partial charge is 0.387 e. The molecule has 33 heavy (non-hydrogen) atoms. The highest BCUT2D eigenvalue weighted by atomic mass is 32.1. The molecule has 9 heteroatoms. The summed E-state index contributed by atoms with van der Waals surface area (Å²) in [5.41, 5.74) is 3.18. The van der Waals surface area contributed by atoms with Crippen LogP contribution in [0.2, 0.25) is 0 Å². The number of amides is 1. The van der Waals surface area contributed by atoms with Crippen LogP contribution in [-0.4, -0.2) is 45.3 Å². The van der Waals surface area contributed by atoms with Crippen molar-refractivity contribution in [3.05, 3.63) is 41.5 Å². The summed E-state index contributed by atoms with van der Waals surface area (Å²) in [7, 11) is 0. The number of thiazole rings is 1. The third kappa shape index (κ3) is 4.65. The van der Waals surface area contributed by atoms with Crippen molar-refractivity contribution in [1.29, 1.82) is 0 Å². The molecule has 2 unspecified atom stereocenters. The molecule has 4 N–H and O–H groups in total. The summed E-state index contributed by atoms with van der Waals surface area (Å²) < 4.78 is 15.2. The standard InChI is InChI=1S/C24H28FN5O2S/c1-24(2,32)20(25)11-27-23(31)16-10-26-21(9-18(16)30-22-14-4-3-5-15(14)22)29-13-6-7-17-19(8-13)33-12-28-17/h6-10,12,14-15,20,22,32H,3-5,11H2,1-2H3,(H,27,31)(H2,26,29,30)/t14?,15?,20-,22?/m1/s1. The van der Waals surface area contributed by atoms with Crippen molar-refractivity contribution < 1.29 is 14.3 Å². The Kier molecular flexibility index (Phi) is 5.70. The van der Waals surface area contributed by atoms with Crippen molar-refractivity contribution in [1.82, 2.24) is 15.3 Å². The number of carbonyl (C=O) groups excluding carboxylic acids is 1. The molecule has 0 saturated heterocycles. The molecule has 0 radical (unpaired) electrons. The van der Waals surface area contributed by atoms with E-state index >= 15 is 0 Å². The molecule has 2 aliphatic carbocycles. The zero-order valence-corrected chi connectivity index (χ0v) is 19.5. The van der Waals surface area contributed by atoms with Gasteiger partial charge in [0.15, 0.2) is 0 Å². The summed E-state index contributed by atoms with van der Waals surface area (Å²) >= 11 is 1.57. The topological polar surface area (TPSA) is 99.2 Å². The molecule has 1 aromatic carbocycles. The quantitative estimate of drug-likeness (QED) is 0.388. The van der Waals surface area contributed by atoms with E-state index < -0.39 is 17.7 Å². The van der Waals surface area contributed by atoms with E-state index in [4.69, 9.17) is 0 Å².